The number of nitriles is 1. The van der Waals surface area contributed by atoms with Crippen molar-refractivity contribution in [3.05, 3.63) is 65.2 Å². The molecule has 2 aromatic carbocycles. The minimum atomic E-state index is 0.716. The fourth-order valence-corrected chi connectivity index (χ4v) is 5.06. The molecule has 3 rings (SSSR count). The maximum Gasteiger partial charge on any atom is 0.175 e. The van der Waals surface area contributed by atoms with Crippen molar-refractivity contribution in [1.82, 2.24) is 10.2 Å². The Morgan fingerprint density at radius 1 is 1.00 bits per heavy atom. The van der Waals surface area contributed by atoms with Gasteiger partial charge in [-0.25, -0.2) is 0 Å². The molecule has 3 aromatic rings. The lowest BCUT2D eigenvalue weighted by molar-refractivity contribution is 0.414. The number of hydrogen-bond donors (Lipinski definition) is 0. The quantitative estimate of drug-likeness (QED) is 0.533. The molecule has 0 atom stereocenters. The van der Waals surface area contributed by atoms with Crippen LogP contribution < -0.4 is 4.74 Å². The van der Waals surface area contributed by atoms with Gasteiger partial charge in [0.15, 0.2) is 8.68 Å². The Bertz CT molecular complexity index is 872. The molecule has 1 heterocycles. The summed E-state index contributed by atoms with van der Waals surface area (Å²) in [5, 5.41) is 17.6. The number of methoxy groups -OCH3 is 1. The van der Waals surface area contributed by atoms with E-state index in [0.717, 1.165) is 31.5 Å². The van der Waals surface area contributed by atoms with Crippen molar-refractivity contribution < 1.29 is 4.74 Å². The number of hydrogen-bond acceptors (Lipinski definition) is 7. The highest BCUT2D eigenvalue weighted by molar-refractivity contribution is 8.02. The molecule has 1 aromatic heterocycles. The van der Waals surface area contributed by atoms with E-state index in [1.807, 2.05) is 36.4 Å². The molecule has 0 bridgehead atoms. The smallest absolute Gasteiger partial charge is 0.175 e. The van der Waals surface area contributed by atoms with E-state index in [1.54, 1.807) is 42.0 Å². The third kappa shape index (κ3) is 4.98. The van der Waals surface area contributed by atoms with Crippen molar-refractivity contribution >= 4 is 34.9 Å². The summed E-state index contributed by atoms with van der Waals surface area (Å²) in [7, 11) is 1.67. The maximum atomic E-state index is 9.14. The summed E-state index contributed by atoms with van der Waals surface area (Å²) < 4.78 is 7.04. The van der Waals surface area contributed by atoms with E-state index >= 15 is 0 Å². The van der Waals surface area contributed by atoms with Crippen LogP contribution in [0.5, 0.6) is 5.75 Å². The van der Waals surface area contributed by atoms with Gasteiger partial charge in [0, 0.05) is 11.5 Å². The van der Waals surface area contributed by atoms with Gasteiger partial charge in [0.05, 0.1) is 18.7 Å². The third-order valence-corrected chi connectivity index (χ3v) is 6.71. The summed E-state index contributed by atoms with van der Waals surface area (Å²) in [5.41, 5.74) is 2.96. The Morgan fingerprint density at radius 2 is 1.68 bits per heavy atom. The van der Waals surface area contributed by atoms with Crippen LogP contribution in [0.4, 0.5) is 0 Å². The minimum absolute atomic E-state index is 0.716. The van der Waals surface area contributed by atoms with Gasteiger partial charge in [-0.1, -0.05) is 65.2 Å². The summed E-state index contributed by atoms with van der Waals surface area (Å²) in [6, 6.07) is 17.9. The van der Waals surface area contributed by atoms with E-state index in [0.29, 0.717) is 5.56 Å². The van der Waals surface area contributed by atoms with Crippen molar-refractivity contribution in [2.45, 2.75) is 20.2 Å². The van der Waals surface area contributed by atoms with Gasteiger partial charge in [-0.2, -0.15) is 5.26 Å². The standard InChI is InChI=1S/C18H15N3OS3/c1-22-16-8-6-13(7-9-16)11-23-17-20-21-18(25-17)24-12-15-5-3-2-4-14(15)10-19/h2-9H,11-12H2,1H3. The van der Waals surface area contributed by atoms with Gasteiger partial charge in [0.1, 0.15) is 5.75 Å². The van der Waals surface area contributed by atoms with Gasteiger partial charge in [-0.05, 0) is 29.3 Å². The maximum absolute atomic E-state index is 9.14. The number of ether oxygens (including phenoxy) is 1. The van der Waals surface area contributed by atoms with Gasteiger partial charge in [0.2, 0.25) is 0 Å². The molecule has 0 fully saturated rings. The zero-order valence-corrected chi connectivity index (χ0v) is 16.0. The van der Waals surface area contributed by atoms with Crippen LogP contribution in [0.25, 0.3) is 0 Å². The van der Waals surface area contributed by atoms with Crippen molar-refractivity contribution in [3.63, 3.8) is 0 Å². The predicted octanol–water partition coefficient (Wildman–Crippen LogP) is 5.00. The highest BCUT2D eigenvalue weighted by Gasteiger charge is 2.08. The molecule has 0 unspecified atom stereocenters. The minimum Gasteiger partial charge on any atom is -0.497 e. The second kappa shape index (κ2) is 8.90. The summed E-state index contributed by atoms with van der Waals surface area (Å²) in [6.07, 6.45) is 0. The Balaban J connectivity index is 1.54. The first kappa shape index (κ1) is 17.8. The first-order valence-electron chi connectivity index (χ1n) is 7.48. The second-order valence-electron chi connectivity index (χ2n) is 5.03. The SMILES string of the molecule is COc1ccc(CSc2nnc(SCc3ccccc3C#N)s2)cc1. The van der Waals surface area contributed by atoms with Gasteiger partial charge in [-0.3, -0.25) is 0 Å². The molecule has 0 aliphatic carbocycles. The molecule has 25 heavy (non-hydrogen) atoms. The molecule has 4 nitrogen and oxygen atoms in total. The third-order valence-electron chi connectivity index (χ3n) is 3.40. The Labute approximate surface area is 159 Å². The number of benzene rings is 2. The molecule has 0 N–H and O–H groups in total. The normalized spacial score (nSPS) is 10.4. The lowest BCUT2D eigenvalue weighted by Crippen LogP contribution is -1.86. The number of aromatic nitrogens is 2. The van der Waals surface area contributed by atoms with Crippen LogP contribution in [0.1, 0.15) is 16.7 Å². The molecule has 7 heteroatoms. The van der Waals surface area contributed by atoms with Gasteiger partial charge >= 0.3 is 0 Å². The molecule has 0 aliphatic heterocycles. The topological polar surface area (TPSA) is 58.8 Å². The largest absolute Gasteiger partial charge is 0.497 e. The highest BCUT2D eigenvalue weighted by atomic mass is 32.2. The van der Waals surface area contributed by atoms with Crippen LogP contribution in [-0.2, 0) is 11.5 Å². The first-order valence-corrected chi connectivity index (χ1v) is 10.3. The van der Waals surface area contributed by atoms with E-state index < -0.39 is 0 Å². The van der Waals surface area contributed by atoms with Crippen LogP contribution in [0.15, 0.2) is 57.2 Å². The Hall–Kier alpha value is -2.01. The number of nitrogens with zero attached hydrogens (tertiary/aromatic N) is 3. The van der Waals surface area contributed by atoms with Crippen LogP contribution in [0.2, 0.25) is 0 Å². The molecule has 0 amide bonds. The van der Waals surface area contributed by atoms with Crippen molar-refractivity contribution in [2.24, 2.45) is 0 Å². The Kier molecular flexibility index (Phi) is 6.34. The van der Waals surface area contributed by atoms with Crippen molar-refractivity contribution in [2.75, 3.05) is 7.11 Å². The van der Waals surface area contributed by atoms with Crippen molar-refractivity contribution in [1.29, 1.82) is 5.26 Å². The lowest BCUT2D eigenvalue weighted by Gasteiger charge is -2.01. The molecule has 0 radical (unpaired) electrons. The zero-order chi connectivity index (χ0) is 17.5. The second-order valence-corrected chi connectivity index (χ2v) is 8.45. The van der Waals surface area contributed by atoms with Gasteiger partial charge in [0.25, 0.3) is 0 Å². The summed E-state index contributed by atoms with van der Waals surface area (Å²) >= 11 is 4.88. The molecule has 126 valence electrons. The molecule has 0 saturated carbocycles. The molecule has 0 spiro atoms. The van der Waals surface area contributed by atoms with E-state index in [4.69, 9.17) is 10.00 Å². The fraction of sp³-hybridized carbons (Fsp3) is 0.167. The van der Waals surface area contributed by atoms with E-state index in [1.165, 1.54) is 5.56 Å². The summed E-state index contributed by atoms with van der Waals surface area (Å²) in [6.45, 7) is 0. The highest BCUT2D eigenvalue weighted by Crippen LogP contribution is 2.32. The van der Waals surface area contributed by atoms with Crippen LogP contribution in [-0.4, -0.2) is 17.3 Å². The van der Waals surface area contributed by atoms with Crippen LogP contribution in [0.3, 0.4) is 0 Å². The summed E-state index contributed by atoms with van der Waals surface area (Å²) in [5.74, 6) is 2.43. The van der Waals surface area contributed by atoms with Crippen molar-refractivity contribution in [3.8, 4) is 11.8 Å². The first-order chi connectivity index (χ1) is 12.3. The molecule has 0 saturated heterocycles. The summed E-state index contributed by atoms with van der Waals surface area (Å²) in [4.78, 5) is 0. The van der Waals surface area contributed by atoms with Gasteiger partial charge in [-0.15, -0.1) is 10.2 Å². The molecular formula is C18H15N3OS3. The average Bonchev–Trinajstić information content (AvgIpc) is 3.13. The van der Waals surface area contributed by atoms with E-state index in [-0.39, 0.29) is 0 Å². The van der Waals surface area contributed by atoms with E-state index in [2.05, 4.69) is 28.4 Å². The number of rotatable bonds is 7. The fourth-order valence-electron chi connectivity index (χ4n) is 2.08. The van der Waals surface area contributed by atoms with Crippen LogP contribution in [0, 0.1) is 11.3 Å². The van der Waals surface area contributed by atoms with Crippen LogP contribution >= 0.6 is 34.9 Å². The average molecular weight is 386 g/mol. The lowest BCUT2D eigenvalue weighted by atomic mass is 10.1. The van der Waals surface area contributed by atoms with Gasteiger partial charge < -0.3 is 4.74 Å². The zero-order valence-electron chi connectivity index (χ0n) is 13.5. The Morgan fingerprint density at radius 3 is 2.36 bits per heavy atom. The predicted molar refractivity (Wildman–Crippen MR) is 103 cm³/mol. The number of thioether (sulfide) groups is 2. The monoisotopic (exact) mass is 385 g/mol. The van der Waals surface area contributed by atoms with E-state index in [9.17, 15) is 0 Å². The molecule has 0 aliphatic rings. The molecular weight excluding hydrogens is 370 g/mol.